The van der Waals surface area contributed by atoms with Gasteiger partial charge in [0.05, 0.1) is 11.2 Å². The topological polar surface area (TPSA) is 30.9 Å². The molecule has 0 saturated heterocycles. The molecule has 0 amide bonds. The number of benzene rings is 1. The molecule has 2 rings (SSSR count). The second-order valence-electron chi connectivity index (χ2n) is 3.82. The van der Waals surface area contributed by atoms with Crippen molar-refractivity contribution >= 4 is 10.9 Å². The van der Waals surface area contributed by atoms with E-state index in [4.69, 9.17) is 5.73 Å². The zero-order valence-corrected chi connectivity index (χ0v) is 7.91. The standard InChI is InChI=1S/C11H13N2/c1-11(2,12)13-8-7-9-5-3-4-6-10(9)13/h3,5-8H,12H2,1-2H3. The van der Waals surface area contributed by atoms with Gasteiger partial charge in [0.15, 0.2) is 0 Å². The quantitative estimate of drug-likeness (QED) is 0.703. The van der Waals surface area contributed by atoms with Crippen LogP contribution < -0.4 is 5.73 Å². The first-order valence-electron chi connectivity index (χ1n) is 4.35. The maximum absolute atomic E-state index is 6.02. The van der Waals surface area contributed by atoms with Crippen molar-refractivity contribution in [2.75, 3.05) is 0 Å². The van der Waals surface area contributed by atoms with Crippen molar-refractivity contribution in [1.29, 1.82) is 0 Å². The minimum atomic E-state index is -0.350. The molecular formula is C11H13N2. The normalized spacial score (nSPS) is 12.2. The molecule has 0 bridgehead atoms. The number of hydrogen-bond acceptors (Lipinski definition) is 1. The summed E-state index contributed by atoms with van der Waals surface area (Å²) < 4.78 is 2.05. The van der Waals surface area contributed by atoms with Crippen molar-refractivity contribution in [3.63, 3.8) is 0 Å². The molecule has 0 spiro atoms. The van der Waals surface area contributed by atoms with Crippen LogP contribution in [0.2, 0.25) is 0 Å². The molecule has 2 N–H and O–H groups in total. The number of fused-ring (bicyclic) bond motifs is 1. The van der Waals surface area contributed by atoms with Gasteiger partial charge in [0.2, 0.25) is 0 Å². The fraction of sp³-hybridized carbons (Fsp3) is 0.273. The Morgan fingerprint density at radius 2 is 2.15 bits per heavy atom. The zero-order chi connectivity index (χ0) is 9.47. The van der Waals surface area contributed by atoms with Gasteiger partial charge in [0.25, 0.3) is 0 Å². The Bertz CT molecular complexity index is 421. The summed E-state index contributed by atoms with van der Waals surface area (Å²) in [6, 6.07) is 11.0. The Morgan fingerprint density at radius 3 is 2.85 bits per heavy atom. The van der Waals surface area contributed by atoms with Crippen molar-refractivity contribution < 1.29 is 0 Å². The molecule has 0 aliphatic carbocycles. The van der Waals surface area contributed by atoms with Crippen LogP contribution in [-0.4, -0.2) is 4.57 Å². The molecule has 67 valence electrons. The fourth-order valence-electron chi connectivity index (χ4n) is 1.52. The first-order chi connectivity index (χ1) is 6.09. The highest BCUT2D eigenvalue weighted by Gasteiger charge is 2.14. The van der Waals surface area contributed by atoms with Gasteiger partial charge in [-0.3, -0.25) is 0 Å². The van der Waals surface area contributed by atoms with E-state index in [1.807, 2.05) is 38.2 Å². The average Bonchev–Trinajstić information content (AvgIpc) is 2.45. The third-order valence-corrected chi connectivity index (χ3v) is 2.16. The van der Waals surface area contributed by atoms with Crippen molar-refractivity contribution in [3.05, 3.63) is 36.5 Å². The molecule has 1 aromatic heterocycles. The predicted molar refractivity (Wildman–Crippen MR) is 54.3 cm³/mol. The van der Waals surface area contributed by atoms with E-state index in [1.165, 1.54) is 5.39 Å². The van der Waals surface area contributed by atoms with Gasteiger partial charge in [-0.1, -0.05) is 12.1 Å². The molecule has 1 radical (unpaired) electrons. The second-order valence-corrected chi connectivity index (χ2v) is 3.82. The number of rotatable bonds is 1. The molecule has 1 heterocycles. The predicted octanol–water partition coefficient (Wildman–Crippen LogP) is 2.09. The minimum absolute atomic E-state index is 0.350. The average molecular weight is 173 g/mol. The van der Waals surface area contributed by atoms with Crippen LogP contribution in [0, 0.1) is 6.07 Å². The molecule has 0 unspecified atom stereocenters. The smallest absolute Gasteiger partial charge is 0.0869 e. The zero-order valence-electron chi connectivity index (χ0n) is 7.91. The van der Waals surface area contributed by atoms with Gasteiger partial charge in [-0.2, -0.15) is 0 Å². The first-order valence-corrected chi connectivity index (χ1v) is 4.35. The summed E-state index contributed by atoms with van der Waals surface area (Å²) in [5.41, 5.74) is 6.80. The monoisotopic (exact) mass is 173 g/mol. The highest BCUT2D eigenvalue weighted by atomic mass is 15.1. The molecule has 2 aromatic rings. The Labute approximate surface area is 78.0 Å². The Hall–Kier alpha value is -1.28. The maximum Gasteiger partial charge on any atom is 0.0869 e. The number of nitrogens with two attached hydrogens (primary N) is 1. The van der Waals surface area contributed by atoms with Crippen LogP contribution in [0.1, 0.15) is 13.8 Å². The van der Waals surface area contributed by atoms with Crippen LogP contribution in [0.4, 0.5) is 0 Å². The highest BCUT2D eigenvalue weighted by molar-refractivity contribution is 5.80. The lowest BCUT2D eigenvalue weighted by Gasteiger charge is -2.22. The molecule has 13 heavy (non-hydrogen) atoms. The SMILES string of the molecule is CC(C)(N)n1ccc2cc[c]cc21. The maximum atomic E-state index is 6.02. The molecule has 2 nitrogen and oxygen atoms in total. The second kappa shape index (κ2) is 2.60. The van der Waals surface area contributed by atoms with Gasteiger partial charge in [0, 0.05) is 6.20 Å². The molecule has 0 atom stereocenters. The van der Waals surface area contributed by atoms with Crippen LogP contribution in [0.3, 0.4) is 0 Å². The van der Waals surface area contributed by atoms with E-state index in [-0.39, 0.29) is 5.66 Å². The van der Waals surface area contributed by atoms with Gasteiger partial charge in [-0.15, -0.1) is 0 Å². The molecule has 0 saturated carbocycles. The molecular weight excluding hydrogens is 160 g/mol. The van der Waals surface area contributed by atoms with Crippen molar-refractivity contribution in [3.8, 4) is 0 Å². The van der Waals surface area contributed by atoms with E-state index in [9.17, 15) is 0 Å². The third kappa shape index (κ3) is 1.33. The van der Waals surface area contributed by atoms with E-state index in [0.717, 1.165) is 5.52 Å². The fourth-order valence-corrected chi connectivity index (χ4v) is 1.52. The van der Waals surface area contributed by atoms with Gasteiger partial charge < -0.3 is 10.3 Å². The Kier molecular flexibility index (Phi) is 1.67. The van der Waals surface area contributed by atoms with Gasteiger partial charge in [-0.05, 0) is 37.4 Å². The van der Waals surface area contributed by atoms with E-state index in [0.29, 0.717) is 0 Å². The molecule has 0 aliphatic heterocycles. The van der Waals surface area contributed by atoms with Crippen LogP contribution in [-0.2, 0) is 5.66 Å². The van der Waals surface area contributed by atoms with Crippen molar-refractivity contribution in [1.82, 2.24) is 4.57 Å². The summed E-state index contributed by atoms with van der Waals surface area (Å²) in [5.74, 6) is 0. The van der Waals surface area contributed by atoms with Crippen molar-refractivity contribution in [2.24, 2.45) is 5.73 Å². The summed E-state index contributed by atoms with van der Waals surface area (Å²) in [6.07, 6.45) is 2.01. The van der Waals surface area contributed by atoms with E-state index in [1.54, 1.807) is 0 Å². The first kappa shape index (κ1) is 8.32. The van der Waals surface area contributed by atoms with Gasteiger partial charge >= 0.3 is 0 Å². The van der Waals surface area contributed by atoms with Crippen LogP contribution in [0.15, 0.2) is 30.5 Å². The lowest BCUT2D eigenvalue weighted by molar-refractivity contribution is 0.384. The van der Waals surface area contributed by atoms with Gasteiger partial charge in [-0.25, -0.2) is 0 Å². The number of nitrogens with zero attached hydrogens (tertiary/aromatic N) is 1. The lowest BCUT2D eigenvalue weighted by atomic mass is 10.2. The lowest BCUT2D eigenvalue weighted by Crippen LogP contribution is -2.35. The summed E-state index contributed by atoms with van der Waals surface area (Å²) in [6.45, 7) is 3.97. The third-order valence-electron chi connectivity index (χ3n) is 2.16. The number of hydrogen-bond donors (Lipinski definition) is 1. The van der Waals surface area contributed by atoms with E-state index in [2.05, 4.69) is 16.7 Å². The minimum Gasteiger partial charge on any atom is -0.329 e. The summed E-state index contributed by atoms with van der Waals surface area (Å²) in [7, 11) is 0. The largest absolute Gasteiger partial charge is 0.329 e. The number of aromatic nitrogens is 1. The summed E-state index contributed by atoms with van der Waals surface area (Å²) in [4.78, 5) is 0. The molecule has 0 aliphatic rings. The van der Waals surface area contributed by atoms with E-state index < -0.39 is 0 Å². The Balaban J connectivity index is 2.72. The molecule has 1 aromatic carbocycles. The van der Waals surface area contributed by atoms with Crippen LogP contribution in [0.5, 0.6) is 0 Å². The Morgan fingerprint density at radius 1 is 1.38 bits per heavy atom. The summed E-state index contributed by atoms with van der Waals surface area (Å²) in [5, 5.41) is 1.21. The van der Waals surface area contributed by atoms with Crippen LogP contribution in [0.25, 0.3) is 10.9 Å². The van der Waals surface area contributed by atoms with Crippen molar-refractivity contribution in [2.45, 2.75) is 19.5 Å². The highest BCUT2D eigenvalue weighted by Crippen LogP contribution is 2.19. The van der Waals surface area contributed by atoms with Crippen LogP contribution >= 0.6 is 0 Å². The summed E-state index contributed by atoms with van der Waals surface area (Å²) >= 11 is 0. The van der Waals surface area contributed by atoms with E-state index >= 15 is 0 Å². The molecule has 2 heteroatoms. The van der Waals surface area contributed by atoms with Gasteiger partial charge in [0.1, 0.15) is 0 Å². The molecule has 0 fully saturated rings.